The molecule has 17 heavy (non-hydrogen) atoms. The third-order valence-electron chi connectivity index (χ3n) is 3.21. The summed E-state index contributed by atoms with van der Waals surface area (Å²) in [5.41, 5.74) is 6.10. The van der Waals surface area contributed by atoms with Gasteiger partial charge in [0.15, 0.2) is 0 Å². The summed E-state index contributed by atoms with van der Waals surface area (Å²) < 4.78 is 2.11. The van der Waals surface area contributed by atoms with Gasteiger partial charge in [0.1, 0.15) is 0 Å². The van der Waals surface area contributed by atoms with Crippen molar-refractivity contribution in [1.29, 1.82) is 0 Å². The highest BCUT2D eigenvalue weighted by molar-refractivity contribution is 9.10. The Morgan fingerprint density at radius 2 is 1.76 bits per heavy atom. The monoisotopic (exact) mass is 352 g/mol. The van der Waals surface area contributed by atoms with Crippen LogP contribution in [0.15, 0.2) is 39.3 Å². The Bertz CT molecular complexity index is 605. The molecule has 2 aromatic rings. The molecule has 0 aliphatic heterocycles. The molecule has 0 amide bonds. The number of benzene rings is 2. The summed E-state index contributed by atoms with van der Waals surface area (Å²) in [6.45, 7) is 0.0942. The number of aliphatic hydroxyl groups is 1. The van der Waals surface area contributed by atoms with Crippen molar-refractivity contribution in [1.82, 2.24) is 0 Å². The molecule has 0 heterocycles. The number of aliphatic hydroxyl groups excluding tert-OH is 1. The summed E-state index contributed by atoms with van der Waals surface area (Å²) in [4.78, 5) is 0. The zero-order valence-corrected chi connectivity index (χ0v) is 12.2. The van der Waals surface area contributed by atoms with E-state index >= 15 is 0 Å². The van der Waals surface area contributed by atoms with E-state index in [-0.39, 0.29) is 6.61 Å². The van der Waals surface area contributed by atoms with Crippen molar-refractivity contribution in [2.45, 2.75) is 13.0 Å². The van der Waals surface area contributed by atoms with Crippen molar-refractivity contribution >= 4 is 31.9 Å². The normalized spacial score (nSPS) is 12.4. The van der Waals surface area contributed by atoms with E-state index in [1.165, 1.54) is 22.3 Å². The fourth-order valence-electron chi connectivity index (χ4n) is 2.43. The molecule has 0 radical (unpaired) electrons. The van der Waals surface area contributed by atoms with Crippen molar-refractivity contribution < 1.29 is 5.11 Å². The summed E-state index contributed by atoms with van der Waals surface area (Å²) in [6, 6.07) is 10.5. The predicted octanol–water partition coefficient (Wildman–Crippen LogP) is 4.28. The molecule has 2 aromatic carbocycles. The molecule has 1 N–H and O–H groups in total. The minimum atomic E-state index is 0.0942. The molecule has 3 heteroatoms. The van der Waals surface area contributed by atoms with E-state index in [2.05, 4.69) is 56.1 Å². The fraction of sp³-hybridized carbons (Fsp3) is 0.143. The van der Waals surface area contributed by atoms with E-state index in [0.29, 0.717) is 0 Å². The van der Waals surface area contributed by atoms with Crippen LogP contribution in [0.4, 0.5) is 0 Å². The standard InChI is InChI=1S/C14H10Br2O/c15-10-2-1-8-4-12-9(7-17)3-11(16)6-14(12)13(8)5-10/h1-3,5-6,17H,4,7H2. The molecular weight excluding hydrogens is 344 g/mol. The van der Waals surface area contributed by atoms with E-state index in [1.807, 2.05) is 6.07 Å². The molecule has 1 aliphatic rings. The van der Waals surface area contributed by atoms with E-state index in [1.54, 1.807) is 0 Å². The molecular formula is C14H10Br2O. The first-order chi connectivity index (χ1) is 8.19. The average molecular weight is 354 g/mol. The molecule has 0 unspecified atom stereocenters. The van der Waals surface area contributed by atoms with Crippen molar-refractivity contribution in [3.8, 4) is 11.1 Å². The van der Waals surface area contributed by atoms with Gasteiger partial charge < -0.3 is 5.11 Å². The van der Waals surface area contributed by atoms with Crippen molar-refractivity contribution in [2.75, 3.05) is 0 Å². The molecule has 0 fully saturated rings. The van der Waals surface area contributed by atoms with Crippen LogP contribution in [0.3, 0.4) is 0 Å². The number of hydrogen-bond donors (Lipinski definition) is 1. The summed E-state index contributed by atoms with van der Waals surface area (Å²) >= 11 is 7.01. The third kappa shape index (κ3) is 1.86. The van der Waals surface area contributed by atoms with Crippen LogP contribution in [0.5, 0.6) is 0 Å². The SMILES string of the molecule is OCc1cc(Br)cc2c1Cc1ccc(Br)cc1-2. The van der Waals surface area contributed by atoms with Gasteiger partial charge in [-0.25, -0.2) is 0 Å². The first-order valence-electron chi connectivity index (χ1n) is 5.40. The third-order valence-corrected chi connectivity index (χ3v) is 4.16. The van der Waals surface area contributed by atoms with Gasteiger partial charge in [0.05, 0.1) is 6.61 Å². The molecule has 86 valence electrons. The van der Waals surface area contributed by atoms with Crippen LogP contribution in [-0.2, 0) is 13.0 Å². The fourth-order valence-corrected chi connectivity index (χ4v) is 3.29. The average Bonchev–Trinajstić information content (AvgIpc) is 2.66. The van der Waals surface area contributed by atoms with E-state index in [4.69, 9.17) is 0 Å². The zero-order chi connectivity index (χ0) is 12.0. The lowest BCUT2D eigenvalue weighted by Crippen LogP contribution is -1.92. The molecule has 1 nitrogen and oxygen atoms in total. The number of halogens is 2. The second kappa shape index (κ2) is 4.23. The maximum absolute atomic E-state index is 9.43. The van der Waals surface area contributed by atoms with Crippen molar-refractivity contribution in [3.63, 3.8) is 0 Å². The van der Waals surface area contributed by atoms with Crippen LogP contribution in [0, 0.1) is 0 Å². The Hall–Kier alpha value is -0.640. The second-order valence-electron chi connectivity index (χ2n) is 4.23. The van der Waals surface area contributed by atoms with Crippen LogP contribution in [0.25, 0.3) is 11.1 Å². The second-order valence-corrected chi connectivity index (χ2v) is 6.06. The van der Waals surface area contributed by atoms with Crippen LogP contribution in [-0.4, -0.2) is 5.11 Å². The largest absolute Gasteiger partial charge is 0.392 e. The highest BCUT2D eigenvalue weighted by atomic mass is 79.9. The van der Waals surface area contributed by atoms with Gasteiger partial charge in [0.2, 0.25) is 0 Å². The molecule has 1 aliphatic carbocycles. The van der Waals surface area contributed by atoms with Crippen LogP contribution >= 0.6 is 31.9 Å². The molecule has 0 aromatic heterocycles. The Kier molecular flexibility index (Phi) is 2.85. The van der Waals surface area contributed by atoms with E-state index in [9.17, 15) is 5.11 Å². The van der Waals surface area contributed by atoms with Crippen LogP contribution in [0.1, 0.15) is 16.7 Å². The predicted molar refractivity (Wildman–Crippen MR) is 76.0 cm³/mol. The number of rotatable bonds is 1. The van der Waals surface area contributed by atoms with Gasteiger partial charge in [-0.2, -0.15) is 0 Å². The van der Waals surface area contributed by atoms with Gasteiger partial charge >= 0.3 is 0 Å². The smallest absolute Gasteiger partial charge is 0.0685 e. The maximum Gasteiger partial charge on any atom is 0.0685 e. The van der Waals surface area contributed by atoms with Crippen molar-refractivity contribution in [2.24, 2.45) is 0 Å². The molecule has 0 atom stereocenters. The number of fused-ring (bicyclic) bond motifs is 3. The molecule has 0 saturated carbocycles. The summed E-state index contributed by atoms with van der Waals surface area (Å²) in [5.74, 6) is 0. The van der Waals surface area contributed by atoms with E-state index < -0.39 is 0 Å². The quantitative estimate of drug-likeness (QED) is 0.692. The lowest BCUT2D eigenvalue weighted by atomic mass is 10.0. The highest BCUT2D eigenvalue weighted by Crippen LogP contribution is 2.41. The molecule has 0 saturated heterocycles. The van der Waals surface area contributed by atoms with Gasteiger partial charge in [0, 0.05) is 8.95 Å². The van der Waals surface area contributed by atoms with Gasteiger partial charge in [-0.3, -0.25) is 0 Å². The minimum absolute atomic E-state index is 0.0942. The van der Waals surface area contributed by atoms with Gasteiger partial charge in [-0.15, -0.1) is 0 Å². The number of hydrogen-bond acceptors (Lipinski definition) is 1. The van der Waals surface area contributed by atoms with Gasteiger partial charge in [-0.1, -0.05) is 37.9 Å². The lowest BCUT2D eigenvalue weighted by molar-refractivity contribution is 0.281. The van der Waals surface area contributed by atoms with E-state index in [0.717, 1.165) is 20.9 Å². The van der Waals surface area contributed by atoms with Crippen LogP contribution < -0.4 is 0 Å². The van der Waals surface area contributed by atoms with Crippen molar-refractivity contribution in [3.05, 3.63) is 56.0 Å². The summed E-state index contributed by atoms with van der Waals surface area (Å²) in [7, 11) is 0. The summed E-state index contributed by atoms with van der Waals surface area (Å²) in [5, 5.41) is 9.43. The Balaban J connectivity index is 2.28. The molecule has 0 spiro atoms. The Labute approximate surface area is 117 Å². The zero-order valence-electron chi connectivity index (χ0n) is 9.00. The summed E-state index contributed by atoms with van der Waals surface area (Å²) in [6.07, 6.45) is 0.918. The lowest BCUT2D eigenvalue weighted by Gasteiger charge is -2.07. The first-order valence-corrected chi connectivity index (χ1v) is 6.98. The first kappa shape index (κ1) is 11.5. The minimum Gasteiger partial charge on any atom is -0.392 e. The highest BCUT2D eigenvalue weighted by Gasteiger charge is 2.21. The topological polar surface area (TPSA) is 20.2 Å². The van der Waals surface area contributed by atoms with Crippen LogP contribution in [0.2, 0.25) is 0 Å². The maximum atomic E-state index is 9.43. The molecule has 0 bridgehead atoms. The van der Waals surface area contributed by atoms with Gasteiger partial charge in [0.25, 0.3) is 0 Å². The Morgan fingerprint density at radius 3 is 2.53 bits per heavy atom. The molecule has 3 rings (SSSR count). The Morgan fingerprint density at radius 1 is 1.00 bits per heavy atom. The van der Waals surface area contributed by atoms with Gasteiger partial charge in [-0.05, 0) is 58.5 Å².